The monoisotopic (exact) mass is 336 g/mol. The van der Waals surface area contributed by atoms with E-state index in [1.807, 2.05) is 54.3 Å². The molecule has 1 fully saturated rings. The molecule has 1 saturated heterocycles. The first-order valence-corrected chi connectivity index (χ1v) is 9.27. The number of rotatable bonds is 2. The standard InChI is InChI=1S/C20H20N2OS/c1-14-9-11-15(12-10-14)20(23)22-13-5-4-7-17(22)19-21-16-6-2-3-8-18(16)24-19/h2-3,6,8-12,17H,4-5,7,13H2,1H3/t17-/m0/s1. The fourth-order valence-corrected chi connectivity index (χ4v) is 4.44. The van der Waals surface area contributed by atoms with Crippen LogP contribution in [-0.4, -0.2) is 22.3 Å². The third-order valence-corrected chi connectivity index (χ3v) is 5.80. The van der Waals surface area contributed by atoms with Gasteiger partial charge in [-0.15, -0.1) is 11.3 Å². The number of thiazole rings is 1. The lowest BCUT2D eigenvalue weighted by molar-refractivity contribution is 0.0611. The molecule has 1 amide bonds. The molecule has 0 unspecified atom stereocenters. The van der Waals surface area contributed by atoms with Crippen LogP contribution in [0.3, 0.4) is 0 Å². The highest BCUT2D eigenvalue weighted by molar-refractivity contribution is 7.18. The zero-order chi connectivity index (χ0) is 16.5. The normalized spacial score (nSPS) is 18.0. The highest BCUT2D eigenvalue weighted by Crippen LogP contribution is 2.36. The Morgan fingerprint density at radius 3 is 2.71 bits per heavy atom. The van der Waals surface area contributed by atoms with Crippen molar-refractivity contribution in [3.8, 4) is 0 Å². The third-order valence-electron chi connectivity index (χ3n) is 4.66. The van der Waals surface area contributed by atoms with Gasteiger partial charge in [-0.3, -0.25) is 4.79 Å². The Morgan fingerprint density at radius 1 is 1.12 bits per heavy atom. The molecule has 0 saturated carbocycles. The Morgan fingerprint density at radius 2 is 1.92 bits per heavy atom. The minimum atomic E-state index is 0.102. The van der Waals surface area contributed by atoms with Gasteiger partial charge in [0, 0.05) is 12.1 Å². The molecule has 3 aromatic rings. The van der Waals surface area contributed by atoms with Crippen molar-refractivity contribution in [2.24, 2.45) is 0 Å². The molecule has 1 aromatic heterocycles. The number of benzene rings is 2. The van der Waals surface area contributed by atoms with Crippen LogP contribution in [0.4, 0.5) is 0 Å². The molecule has 0 N–H and O–H groups in total. The first-order chi connectivity index (χ1) is 11.7. The summed E-state index contributed by atoms with van der Waals surface area (Å²) < 4.78 is 1.20. The van der Waals surface area contributed by atoms with Crippen LogP contribution in [0.1, 0.15) is 46.2 Å². The van der Waals surface area contributed by atoms with E-state index in [0.717, 1.165) is 41.9 Å². The number of aromatic nitrogens is 1. The van der Waals surface area contributed by atoms with Gasteiger partial charge in [-0.05, 0) is 50.5 Å². The summed E-state index contributed by atoms with van der Waals surface area (Å²) in [7, 11) is 0. The maximum atomic E-state index is 13.0. The van der Waals surface area contributed by atoms with E-state index in [9.17, 15) is 4.79 Å². The smallest absolute Gasteiger partial charge is 0.254 e. The summed E-state index contributed by atoms with van der Waals surface area (Å²) in [6.07, 6.45) is 3.22. The molecule has 1 aliphatic rings. The molecule has 122 valence electrons. The number of nitrogens with zero attached hydrogens (tertiary/aromatic N) is 2. The van der Waals surface area contributed by atoms with E-state index in [2.05, 4.69) is 6.07 Å². The lowest BCUT2D eigenvalue weighted by Crippen LogP contribution is -2.38. The van der Waals surface area contributed by atoms with E-state index in [4.69, 9.17) is 4.98 Å². The van der Waals surface area contributed by atoms with Crippen molar-refractivity contribution in [2.45, 2.75) is 32.2 Å². The third kappa shape index (κ3) is 2.82. The number of likely N-dealkylation sites (tertiary alicyclic amines) is 1. The van der Waals surface area contributed by atoms with Crippen molar-refractivity contribution in [1.29, 1.82) is 0 Å². The van der Waals surface area contributed by atoms with Crippen molar-refractivity contribution in [2.75, 3.05) is 6.54 Å². The molecular formula is C20H20N2OS. The van der Waals surface area contributed by atoms with Crippen LogP contribution in [0.2, 0.25) is 0 Å². The molecule has 0 bridgehead atoms. The van der Waals surface area contributed by atoms with Gasteiger partial charge < -0.3 is 4.90 Å². The van der Waals surface area contributed by atoms with Gasteiger partial charge in [0.25, 0.3) is 5.91 Å². The van der Waals surface area contributed by atoms with Crippen LogP contribution in [0.15, 0.2) is 48.5 Å². The molecule has 24 heavy (non-hydrogen) atoms. The van der Waals surface area contributed by atoms with E-state index in [1.165, 1.54) is 10.3 Å². The van der Waals surface area contributed by atoms with Gasteiger partial charge in [0.05, 0.1) is 16.3 Å². The maximum absolute atomic E-state index is 13.0. The molecule has 4 heteroatoms. The van der Waals surface area contributed by atoms with Crippen molar-refractivity contribution in [3.05, 3.63) is 64.7 Å². The van der Waals surface area contributed by atoms with E-state index < -0.39 is 0 Å². The van der Waals surface area contributed by atoms with Crippen LogP contribution in [0.5, 0.6) is 0 Å². The lowest BCUT2D eigenvalue weighted by atomic mass is 10.0. The molecule has 3 nitrogen and oxygen atoms in total. The van der Waals surface area contributed by atoms with Crippen molar-refractivity contribution >= 4 is 27.5 Å². The highest BCUT2D eigenvalue weighted by atomic mass is 32.1. The van der Waals surface area contributed by atoms with Crippen LogP contribution in [0.25, 0.3) is 10.2 Å². The number of para-hydroxylation sites is 1. The minimum absolute atomic E-state index is 0.102. The molecule has 0 radical (unpaired) electrons. The van der Waals surface area contributed by atoms with E-state index in [1.54, 1.807) is 11.3 Å². The number of carbonyl (C=O) groups excluding carboxylic acids is 1. The van der Waals surface area contributed by atoms with Gasteiger partial charge in [0.15, 0.2) is 0 Å². The van der Waals surface area contributed by atoms with Crippen molar-refractivity contribution in [3.63, 3.8) is 0 Å². The summed E-state index contributed by atoms with van der Waals surface area (Å²) in [6, 6.07) is 16.2. The number of fused-ring (bicyclic) bond motifs is 1. The average Bonchev–Trinajstić information content (AvgIpc) is 3.06. The summed E-state index contributed by atoms with van der Waals surface area (Å²) in [6.45, 7) is 2.85. The summed E-state index contributed by atoms with van der Waals surface area (Å²) in [5.74, 6) is 0.124. The maximum Gasteiger partial charge on any atom is 0.254 e. The van der Waals surface area contributed by atoms with Crippen molar-refractivity contribution in [1.82, 2.24) is 9.88 Å². The second-order valence-corrected chi connectivity index (χ2v) is 7.46. The molecule has 2 aromatic carbocycles. The van der Waals surface area contributed by atoms with Gasteiger partial charge >= 0.3 is 0 Å². The first kappa shape index (κ1) is 15.3. The summed E-state index contributed by atoms with van der Waals surface area (Å²) in [4.78, 5) is 19.8. The minimum Gasteiger partial charge on any atom is -0.329 e. The summed E-state index contributed by atoms with van der Waals surface area (Å²) >= 11 is 1.72. The Hall–Kier alpha value is -2.20. The van der Waals surface area contributed by atoms with Crippen LogP contribution in [-0.2, 0) is 0 Å². The van der Waals surface area contributed by atoms with Gasteiger partial charge in [-0.2, -0.15) is 0 Å². The van der Waals surface area contributed by atoms with Gasteiger partial charge in [-0.1, -0.05) is 29.8 Å². The zero-order valence-electron chi connectivity index (χ0n) is 13.7. The fourth-order valence-electron chi connectivity index (χ4n) is 3.33. The molecule has 2 heterocycles. The number of amides is 1. The predicted molar refractivity (Wildman–Crippen MR) is 98.4 cm³/mol. The van der Waals surface area contributed by atoms with E-state index >= 15 is 0 Å². The highest BCUT2D eigenvalue weighted by Gasteiger charge is 2.30. The quantitative estimate of drug-likeness (QED) is 0.662. The zero-order valence-corrected chi connectivity index (χ0v) is 14.6. The van der Waals surface area contributed by atoms with E-state index in [0.29, 0.717) is 0 Å². The number of hydrogen-bond donors (Lipinski definition) is 0. The Kier molecular flexibility index (Phi) is 4.07. The lowest BCUT2D eigenvalue weighted by Gasteiger charge is -2.34. The van der Waals surface area contributed by atoms with Crippen LogP contribution in [0, 0.1) is 6.92 Å². The van der Waals surface area contributed by atoms with Gasteiger partial charge in [0.1, 0.15) is 5.01 Å². The number of piperidine rings is 1. The predicted octanol–water partition coefficient (Wildman–Crippen LogP) is 4.97. The Labute approximate surface area is 146 Å². The second kappa shape index (κ2) is 6.36. The molecular weight excluding hydrogens is 316 g/mol. The molecule has 1 aliphatic heterocycles. The molecule has 1 atom stereocenters. The SMILES string of the molecule is Cc1ccc(C(=O)N2CCCC[C@H]2c2nc3ccccc3s2)cc1. The Bertz CT molecular complexity index is 836. The van der Waals surface area contributed by atoms with Crippen molar-refractivity contribution < 1.29 is 4.79 Å². The average molecular weight is 336 g/mol. The Balaban J connectivity index is 1.67. The topological polar surface area (TPSA) is 33.2 Å². The molecule has 4 rings (SSSR count). The fraction of sp³-hybridized carbons (Fsp3) is 0.300. The molecule has 0 aliphatic carbocycles. The van der Waals surface area contributed by atoms with Gasteiger partial charge in [0.2, 0.25) is 0 Å². The summed E-state index contributed by atoms with van der Waals surface area (Å²) in [5, 5.41) is 1.07. The number of aryl methyl sites for hydroxylation is 1. The van der Waals surface area contributed by atoms with Crippen LogP contribution >= 0.6 is 11.3 Å². The second-order valence-electron chi connectivity index (χ2n) is 6.40. The largest absolute Gasteiger partial charge is 0.329 e. The number of hydrogen-bond acceptors (Lipinski definition) is 3. The van der Waals surface area contributed by atoms with Gasteiger partial charge in [-0.25, -0.2) is 4.98 Å². The summed E-state index contributed by atoms with van der Waals surface area (Å²) in [5.41, 5.74) is 2.98. The van der Waals surface area contributed by atoms with Crippen LogP contribution < -0.4 is 0 Å². The first-order valence-electron chi connectivity index (χ1n) is 8.45. The molecule has 0 spiro atoms. The van der Waals surface area contributed by atoms with E-state index in [-0.39, 0.29) is 11.9 Å². The number of carbonyl (C=O) groups is 1.